The molecule has 2 aromatic rings. The lowest BCUT2D eigenvalue weighted by molar-refractivity contribution is -0.141. The van der Waals surface area contributed by atoms with Crippen LogP contribution in [0, 0.1) is 5.82 Å². The Labute approximate surface area is 164 Å². The molecule has 1 amide bonds. The molecule has 0 saturated heterocycles. The number of nitrogens with zero attached hydrogens (tertiary/aromatic N) is 2. The highest BCUT2D eigenvalue weighted by molar-refractivity contribution is 7.17. The molecular formula is C19H21F4N3OS. The van der Waals surface area contributed by atoms with Crippen molar-refractivity contribution in [1.29, 1.82) is 0 Å². The average Bonchev–Trinajstić information content (AvgIpc) is 3.12. The van der Waals surface area contributed by atoms with Gasteiger partial charge in [0.15, 0.2) is 5.69 Å². The van der Waals surface area contributed by atoms with E-state index in [0.717, 1.165) is 31.7 Å². The molecule has 0 atom stereocenters. The fourth-order valence-electron chi connectivity index (χ4n) is 3.22. The average molecular weight is 415 g/mol. The molecule has 0 aliphatic heterocycles. The van der Waals surface area contributed by atoms with E-state index >= 15 is 0 Å². The lowest BCUT2D eigenvalue weighted by Gasteiger charge is -2.26. The number of rotatable bonds is 5. The summed E-state index contributed by atoms with van der Waals surface area (Å²) in [5.74, 6) is -1.47. The van der Waals surface area contributed by atoms with Crippen molar-refractivity contribution < 1.29 is 22.4 Å². The van der Waals surface area contributed by atoms with Gasteiger partial charge in [0.1, 0.15) is 15.7 Å². The van der Waals surface area contributed by atoms with Crippen LogP contribution >= 0.6 is 11.3 Å². The summed E-state index contributed by atoms with van der Waals surface area (Å²) in [5.41, 5.74) is -1.33. The molecule has 0 unspecified atom stereocenters. The third-order valence-electron chi connectivity index (χ3n) is 4.76. The maximum Gasteiger partial charge on any atom is 0.435 e. The predicted molar refractivity (Wildman–Crippen MR) is 99.5 cm³/mol. The molecule has 0 spiro atoms. The van der Waals surface area contributed by atoms with Gasteiger partial charge in [0.25, 0.3) is 5.91 Å². The number of aromatic nitrogens is 1. The van der Waals surface area contributed by atoms with Crippen molar-refractivity contribution in [3.8, 4) is 10.6 Å². The fourth-order valence-corrected chi connectivity index (χ4v) is 4.33. The van der Waals surface area contributed by atoms with Crippen LogP contribution in [-0.2, 0) is 6.18 Å². The van der Waals surface area contributed by atoms with Gasteiger partial charge in [-0.25, -0.2) is 9.37 Å². The van der Waals surface area contributed by atoms with Gasteiger partial charge in [0, 0.05) is 18.7 Å². The second kappa shape index (κ2) is 8.57. The normalized spacial score (nSPS) is 15.6. The molecule has 152 valence electrons. The molecule has 1 aliphatic rings. The number of alkyl halides is 3. The highest BCUT2D eigenvalue weighted by Gasteiger charge is 2.40. The van der Waals surface area contributed by atoms with Crippen molar-refractivity contribution in [2.24, 2.45) is 0 Å². The van der Waals surface area contributed by atoms with Gasteiger partial charge in [-0.05, 0) is 25.0 Å². The summed E-state index contributed by atoms with van der Waals surface area (Å²) < 4.78 is 54.3. The Kier molecular flexibility index (Phi) is 6.34. The Morgan fingerprint density at radius 3 is 2.57 bits per heavy atom. The van der Waals surface area contributed by atoms with Crippen LogP contribution in [0.1, 0.15) is 47.5 Å². The molecule has 28 heavy (non-hydrogen) atoms. The van der Waals surface area contributed by atoms with Gasteiger partial charge in [0.05, 0.1) is 6.67 Å². The number of halogens is 4. The molecule has 1 aromatic carbocycles. The van der Waals surface area contributed by atoms with E-state index in [9.17, 15) is 22.4 Å². The zero-order valence-electron chi connectivity index (χ0n) is 15.4. The molecule has 3 rings (SSSR count). The number of carbonyl (C=O) groups is 1. The van der Waals surface area contributed by atoms with Crippen molar-refractivity contribution in [3.05, 3.63) is 40.7 Å². The smallest absolute Gasteiger partial charge is 0.328 e. The molecule has 1 saturated carbocycles. The number of hydrogen-bond donors (Lipinski definition) is 1. The summed E-state index contributed by atoms with van der Waals surface area (Å²) in [6, 6.07) is 5.70. The van der Waals surface area contributed by atoms with Crippen molar-refractivity contribution in [3.63, 3.8) is 0 Å². The van der Waals surface area contributed by atoms with E-state index in [1.54, 1.807) is 0 Å². The largest absolute Gasteiger partial charge is 0.435 e. The molecule has 9 heteroatoms. The maximum atomic E-state index is 14.0. The highest BCUT2D eigenvalue weighted by Crippen LogP contribution is 2.38. The van der Waals surface area contributed by atoms with Crippen molar-refractivity contribution in [2.75, 3.05) is 13.7 Å². The first-order chi connectivity index (χ1) is 13.3. The Hall–Kier alpha value is -2.00. The Balaban J connectivity index is 1.82. The third kappa shape index (κ3) is 4.70. The molecule has 1 N–H and O–H groups in total. The number of thiazole rings is 1. The topological polar surface area (TPSA) is 45.2 Å². The number of hydrogen-bond acceptors (Lipinski definition) is 4. The van der Waals surface area contributed by atoms with E-state index in [2.05, 4.69) is 10.3 Å². The second-order valence-corrected chi connectivity index (χ2v) is 7.87. The fraction of sp³-hybridized carbons (Fsp3) is 0.474. The standard InChI is InChI=1S/C19H21F4N3OS/c1-26(11-24-12-7-3-2-4-8-12)18(27)15-16(19(21,22)23)25-17(28-15)13-9-5-6-10-14(13)20/h5-6,9-10,12,24H,2-4,7-8,11H2,1H3. The van der Waals surface area contributed by atoms with Gasteiger partial charge >= 0.3 is 6.18 Å². The number of amides is 1. The van der Waals surface area contributed by atoms with Crippen LogP contribution in [0.3, 0.4) is 0 Å². The number of carbonyl (C=O) groups excluding carboxylic acids is 1. The van der Waals surface area contributed by atoms with Crippen LogP contribution in [0.15, 0.2) is 24.3 Å². The van der Waals surface area contributed by atoms with Crippen molar-refractivity contribution in [1.82, 2.24) is 15.2 Å². The first kappa shape index (κ1) is 20.7. The minimum absolute atomic E-state index is 0.0555. The monoisotopic (exact) mass is 415 g/mol. The maximum absolute atomic E-state index is 14.0. The molecule has 0 radical (unpaired) electrons. The van der Waals surface area contributed by atoms with Crippen LogP contribution in [0.5, 0.6) is 0 Å². The van der Waals surface area contributed by atoms with Crippen LogP contribution < -0.4 is 5.32 Å². The van der Waals surface area contributed by atoms with Crippen molar-refractivity contribution >= 4 is 17.2 Å². The van der Waals surface area contributed by atoms with E-state index < -0.39 is 28.5 Å². The zero-order chi connectivity index (χ0) is 20.3. The summed E-state index contributed by atoms with van der Waals surface area (Å²) in [4.78, 5) is 16.9. The van der Waals surface area contributed by atoms with Gasteiger partial charge in [-0.2, -0.15) is 13.2 Å². The third-order valence-corrected chi connectivity index (χ3v) is 5.84. The highest BCUT2D eigenvalue weighted by atomic mass is 32.1. The Morgan fingerprint density at radius 1 is 1.25 bits per heavy atom. The molecule has 1 fully saturated rings. The first-order valence-corrected chi connectivity index (χ1v) is 9.91. The molecule has 0 bridgehead atoms. The lowest BCUT2D eigenvalue weighted by atomic mass is 9.96. The van der Waals surface area contributed by atoms with Gasteiger partial charge in [-0.3, -0.25) is 10.1 Å². The van der Waals surface area contributed by atoms with E-state index in [1.807, 2.05) is 0 Å². The van der Waals surface area contributed by atoms with Gasteiger partial charge in [0.2, 0.25) is 0 Å². The predicted octanol–water partition coefficient (Wildman–Crippen LogP) is 4.92. The quantitative estimate of drug-likeness (QED) is 0.557. The SMILES string of the molecule is CN(CNC1CCCCC1)C(=O)c1sc(-c2ccccc2F)nc1C(F)(F)F. The van der Waals surface area contributed by atoms with Gasteiger partial charge in [-0.15, -0.1) is 11.3 Å². The van der Waals surface area contributed by atoms with E-state index in [-0.39, 0.29) is 23.3 Å². The van der Waals surface area contributed by atoms with Gasteiger partial charge in [-0.1, -0.05) is 31.4 Å². The number of nitrogens with one attached hydrogen (secondary N) is 1. The molecule has 1 heterocycles. The van der Waals surface area contributed by atoms with Crippen LogP contribution in [0.25, 0.3) is 10.6 Å². The molecule has 1 aromatic heterocycles. The van der Waals surface area contributed by atoms with E-state index in [4.69, 9.17) is 0 Å². The molecule has 1 aliphatic carbocycles. The summed E-state index contributed by atoms with van der Waals surface area (Å²) in [7, 11) is 1.45. The lowest BCUT2D eigenvalue weighted by Crippen LogP contribution is -2.41. The van der Waals surface area contributed by atoms with E-state index in [0.29, 0.717) is 11.3 Å². The van der Waals surface area contributed by atoms with Crippen LogP contribution in [-0.4, -0.2) is 35.5 Å². The zero-order valence-corrected chi connectivity index (χ0v) is 16.2. The summed E-state index contributed by atoms with van der Waals surface area (Å²) in [5, 5.41) is 3.06. The second-order valence-electron chi connectivity index (χ2n) is 6.87. The Bertz CT molecular complexity index is 831. The number of benzene rings is 1. The summed E-state index contributed by atoms with van der Waals surface area (Å²) in [6.07, 6.45) is 0.578. The van der Waals surface area contributed by atoms with Gasteiger partial charge < -0.3 is 4.90 Å². The molecule has 4 nitrogen and oxygen atoms in total. The minimum Gasteiger partial charge on any atom is -0.328 e. The molecular weight excluding hydrogens is 394 g/mol. The Morgan fingerprint density at radius 2 is 1.93 bits per heavy atom. The minimum atomic E-state index is -4.80. The summed E-state index contributed by atoms with van der Waals surface area (Å²) in [6.45, 7) is 0.147. The van der Waals surface area contributed by atoms with E-state index in [1.165, 1.54) is 36.6 Å². The van der Waals surface area contributed by atoms with Crippen molar-refractivity contribution in [2.45, 2.75) is 44.3 Å². The first-order valence-electron chi connectivity index (χ1n) is 9.09. The van der Waals surface area contributed by atoms with Crippen LogP contribution in [0.4, 0.5) is 17.6 Å². The van der Waals surface area contributed by atoms with Crippen LogP contribution in [0.2, 0.25) is 0 Å². The summed E-state index contributed by atoms with van der Waals surface area (Å²) >= 11 is 0.561.